The first-order chi connectivity index (χ1) is 6.22. The second kappa shape index (κ2) is 18.3. The normalized spacial score (nSPS) is 8.00. The minimum atomic E-state index is -0.0880. The van der Waals surface area contributed by atoms with Crippen molar-refractivity contribution in [2.75, 3.05) is 13.2 Å². The molecule has 1 N–H and O–H groups in total. The highest BCUT2D eigenvalue weighted by atomic mass is 16.5. The van der Waals surface area contributed by atoms with Crippen molar-refractivity contribution in [2.24, 2.45) is 0 Å². The summed E-state index contributed by atoms with van der Waals surface area (Å²) in [6, 6.07) is 0. The maximum absolute atomic E-state index is 10.4. The van der Waals surface area contributed by atoms with E-state index in [0.717, 1.165) is 19.3 Å². The third kappa shape index (κ3) is 22.5. The molecule has 0 aliphatic carbocycles. The molecular weight excluding hydrogens is 180 g/mol. The predicted octanol–water partition coefficient (Wildman–Crippen LogP) is 2.76. The number of esters is 1. The number of ether oxygens (including phenoxy) is 1. The molecule has 0 aromatic carbocycles. The van der Waals surface area contributed by atoms with Gasteiger partial charge in [0.15, 0.2) is 0 Å². The standard InChI is InChI=1S/C6H12O2.C4H10O.CH4/c1-3-5-6(7)8-4-2;1-2-3-4-5;/h3-5H2,1-2H3;5H,2-4H2,1H3;1H4. The first-order valence-corrected chi connectivity index (χ1v) is 4.99. The lowest BCUT2D eigenvalue weighted by atomic mass is 10.3. The van der Waals surface area contributed by atoms with E-state index in [4.69, 9.17) is 5.11 Å². The highest BCUT2D eigenvalue weighted by Crippen LogP contribution is 1.89. The first kappa shape index (κ1) is 19.1. The number of aliphatic hydroxyl groups excluding tert-OH is 1. The molecule has 0 unspecified atom stereocenters. The first-order valence-electron chi connectivity index (χ1n) is 4.99. The Balaban J connectivity index is -0.000000177. The van der Waals surface area contributed by atoms with Crippen LogP contribution in [0, 0.1) is 0 Å². The number of aliphatic hydroxyl groups is 1. The topological polar surface area (TPSA) is 46.5 Å². The maximum atomic E-state index is 10.4. The molecule has 0 fully saturated rings. The Kier molecular flexibility index (Phi) is 24.9. The minimum Gasteiger partial charge on any atom is -0.466 e. The average molecular weight is 206 g/mol. The second-order valence-electron chi connectivity index (χ2n) is 2.63. The van der Waals surface area contributed by atoms with Crippen LogP contribution < -0.4 is 0 Å². The lowest BCUT2D eigenvalue weighted by Gasteiger charge is -1.96. The second-order valence-corrected chi connectivity index (χ2v) is 2.63. The summed E-state index contributed by atoms with van der Waals surface area (Å²) < 4.78 is 4.64. The number of carbonyl (C=O) groups is 1. The fraction of sp³-hybridized carbons (Fsp3) is 0.909. The molecule has 0 spiro atoms. The zero-order valence-electron chi connectivity index (χ0n) is 9.01. The summed E-state index contributed by atoms with van der Waals surface area (Å²) >= 11 is 0. The van der Waals surface area contributed by atoms with Crippen molar-refractivity contribution < 1.29 is 14.6 Å². The molecule has 0 rings (SSSR count). The molecule has 0 aliphatic rings. The molecule has 0 aliphatic heterocycles. The highest BCUT2D eigenvalue weighted by Gasteiger charge is 1.95. The summed E-state index contributed by atoms with van der Waals surface area (Å²) in [5.41, 5.74) is 0. The van der Waals surface area contributed by atoms with Crippen molar-refractivity contribution in [1.82, 2.24) is 0 Å². The molecule has 0 radical (unpaired) electrons. The van der Waals surface area contributed by atoms with E-state index in [1.54, 1.807) is 0 Å². The lowest BCUT2D eigenvalue weighted by Crippen LogP contribution is -2.01. The van der Waals surface area contributed by atoms with Crippen LogP contribution >= 0.6 is 0 Å². The summed E-state index contributed by atoms with van der Waals surface area (Å²) in [4.78, 5) is 10.4. The van der Waals surface area contributed by atoms with Gasteiger partial charge in [0, 0.05) is 13.0 Å². The molecule has 0 aromatic rings. The molecule has 0 saturated carbocycles. The molecule has 0 atom stereocenters. The van der Waals surface area contributed by atoms with Gasteiger partial charge in [0.05, 0.1) is 6.61 Å². The molecular formula is C11H26O3. The van der Waals surface area contributed by atoms with Gasteiger partial charge in [0.2, 0.25) is 0 Å². The molecule has 0 bridgehead atoms. The molecule has 0 aromatic heterocycles. The van der Waals surface area contributed by atoms with Crippen LogP contribution in [0.4, 0.5) is 0 Å². The van der Waals surface area contributed by atoms with Gasteiger partial charge in [-0.2, -0.15) is 0 Å². The summed E-state index contributed by atoms with van der Waals surface area (Å²) in [5, 5.41) is 8.07. The van der Waals surface area contributed by atoms with Crippen LogP contribution in [-0.2, 0) is 9.53 Å². The third-order valence-corrected chi connectivity index (χ3v) is 1.27. The Labute approximate surface area is 88.5 Å². The SMILES string of the molecule is C.CCCC(=O)OCC.CCCCO. The Morgan fingerprint density at radius 3 is 2.00 bits per heavy atom. The predicted molar refractivity (Wildman–Crippen MR) is 60.3 cm³/mol. The van der Waals surface area contributed by atoms with Crippen molar-refractivity contribution in [3.8, 4) is 0 Å². The van der Waals surface area contributed by atoms with E-state index in [1.165, 1.54) is 0 Å². The quantitative estimate of drug-likeness (QED) is 0.703. The van der Waals surface area contributed by atoms with Gasteiger partial charge in [0.25, 0.3) is 0 Å². The van der Waals surface area contributed by atoms with Crippen LogP contribution in [-0.4, -0.2) is 24.3 Å². The van der Waals surface area contributed by atoms with Crippen LogP contribution in [0.1, 0.15) is 53.9 Å². The smallest absolute Gasteiger partial charge is 0.305 e. The summed E-state index contributed by atoms with van der Waals surface area (Å²) in [7, 11) is 0. The van der Waals surface area contributed by atoms with Crippen LogP contribution in [0.15, 0.2) is 0 Å². The van der Waals surface area contributed by atoms with Gasteiger partial charge in [-0.05, 0) is 19.8 Å². The van der Waals surface area contributed by atoms with Crippen molar-refractivity contribution >= 4 is 5.97 Å². The van der Waals surface area contributed by atoms with Gasteiger partial charge < -0.3 is 9.84 Å². The Hall–Kier alpha value is -0.570. The monoisotopic (exact) mass is 206 g/mol. The fourth-order valence-corrected chi connectivity index (χ4v) is 0.595. The van der Waals surface area contributed by atoms with Gasteiger partial charge in [-0.15, -0.1) is 0 Å². The van der Waals surface area contributed by atoms with E-state index in [2.05, 4.69) is 11.7 Å². The van der Waals surface area contributed by atoms with Crippen LogP contribution in [0.2, 0.25) is 0 Å². The largest absolute Gasteiger partial charge is 0.466 e. The summed E-state index contributed by atoms with van der Waals surface area (Å²) in [5.74, 6) is -0.0880. The summed E-state index contributed by atoms with van der Waals surface area (Å²) in [6.45, 7) is 6.66. The molecule has 3 nitrogen and oxygen atoms in total. The fourth-order valence-electron chi connectivity index (χ4n) is 0.595. The van der Waals surface area contributed by atoms with Crippen molar-refractivity contribution in [1.29, 1.82) is 0 Å². The minimum absolute atomic E-state index is 0. The number of unbranched alkanes of at least 4 members (excludes halogenated alkanes) is 1. The zero-order chi connectivity index (χ0) is 10.5. The molecule has 0 saturated heterocycles. The highest BCUT2D eigenvalue weighted by molar-refractivity contribution is 5.69. The van der Waals surface area contributed by atoms with Crippen molar-refractivity contribution in [3.63, 3.8) is 0 Å². The molecule has 0 amide bonds. The molecule has 88 valence electrons. The van der Waals surface area contributed by atoms with Gasteiger partial charge >= 0.3 is 5.97 Å². The third-order valence-electron chi connectivity index (χ3n) is 1.27. The van der Waals surface area contributed by atoms with E-state index in [9.17, 15) is 4.79 Å². The maximum Gasteiger partial charge on any atom is 0.305 e. The summed E-state index contributed by atoms with van der Waals surface area (Å²) in [6.07, 6.45) is 3.46. The Morgan fingerprint density at radius 1 is 1.21 bits per heavy atom. The average Bonchev–Trinajstić information content (AvgIpc) is 2.08. The lowest BCUT2D eigenvalue weighted by molar-refractivity contribution is -0.143. The van der Waals surface area contributed by atoms with E-state index >= 15 is 0 Å². The molecule has 14 heavy (non-hydrogen) atoms. The Bertz CT molecular complexity index is 92.7. The Morgan fingerprint density at radius 2 is 1.79 bits per heavy atom. The van der Waals surface area contributed by atoms with E-state index < -0.39 is 0 Å². The van der Waals surface area contributed by atoms with Gasteiger partial charge in [-0.3, -0.25) is 4.79 Å². The van der Waals surface area contributed by atoms with Crippen LogP contribution in [0.5, 0.6) is 0 Å². The van der Waals surface area contributed by atoms with Crippen LogP contribution in [0.25, 0.3) is 0 Å². The van der Waals surface area contributed by atoms with Crippen molar-refractivity contribution in [2.45, 2.75) is 53.9 Å². The zero-order valence-corrected chi connectivity index (χ0v) is 9.01. The number of carbonyl (C=O) groups excluding carboxylic acids is 1. The van der Waals surface area contributed by atoms with Crippen LogP contribution in [0.3, 0.4) is 0 Å². The molecule has 0 heterocycles. The van der Waals surface area contributed by atoms with Gasteiger partial charge in [-0.1, -0.05) is 27.7 Å². The number of hydrogen-bond acceptors (Lipinski definition) is 3. The van der Waals surface area contributed by atoms with Crippen molar-refractivity contribution in [3.05, 3.63) is 0 Å². The number of rotatable bonds is 5. The molecule has 3 heteroatoms. The van der Waals surface area contributed by atoms with E-state index in [0.29, 0.717) is 19.6 Å². The van der Waals surface area contributed by atoms with Gasteiger partial charge in [0.1, 0.15) is 0 Å². The van der Waals surface area contributed by atoms with Gasteiger partial charge in [-0.25, -0.2) is 0 Å². The van der Waals surface area contributed by atoms with E-state index in [-0.39, 0.29) is 13.4 Å². The van der Waals surface area contributed by atoms with E-state index in [1.807, 2.05) is 13.8 Å². The number of hydrogen-bond donors (Lipinski definition) is 1.